The number of rotatable bonds is 2. The van der Waals surface area contributed by atoms with E-state index < -0.39 is 0 Å². The summed E-state index contributed by atoms with van der Waals surface area (Å²) >= 11 is 0. The van der Waals surface area contributed by atoms with E-state index >= 15 is 0 Å². The molecule has 10 rings (SSSR count). The number of hydrogen-bond donors (Lipinski definition) is 0. The van der Waals surface area contributed by atoms with Gasteiger partial charge in [-0.25, -0.2) is 0 Å². The number of fused-ring (bicyclic) bond motifs is 6. The van der Waals surface area contributed by atoms with E-state index in [1.807, 2.05) is 0 Å². The lowest BCUT2D eigenvalue weighted by Gasteiger charge is -2.62. The zero-order chi connectivity index (χ0) is 23.4. The molecule has 4 bridgehead atoms. The van der Waals surface area contributed by atoms with Gasteiger partial charge in [-0.3, -0.25) is 0 Å². The van der Waals surface area contributed by atoms with Crippen molar-refractivity contribution in [2.75, 3.05) is 0 Å². The van der Waals surface area contributed by atoms with Crippen LogP contribution in [0.2, 0.25) is 0 Å². The highest BCUT2D eigenvalue weighted by Crippen LogP contribution is 2.66. The standard InChI is InChI=1S/C36H32/c1-3-7-32-24(5-1)18-26-9-11-28(20-34(26)32)36(30-14-22-13-23(16-30)17-31(36)15-22)29-12-10-27-19-25-6-2-4-8-33(25)35(27)21-29/h1-12,20-23,30-31H,13-19H2. The average Bonchev–Trinajstić information content (AvgIpc) is 3.46. The summed E-state index contributed by atoms with van der Waals surface area (Å²) in [5, 5.41) is 0. The molecule has 0 amide bonds. The summed E-state index contributed by atoms with van der Waals surface area (Å²) in [5.41, 5.74) is 15.3. The molecule has 176 valence electrons. The molecule has 0 nitrogen and oxygen atoms in total. The second-order valence-electron chi connectivity index (χ2n) is 12.6. The van der Waals surface area contributed by atoms with E-state index in [0.717, 1.165) is 36.5 Å². The van der Waals surface area contributed by atoms with E-state index in [4.69, 9.17) is 0 Å². The maximum atomic E-state index is 2.64. The molecule has 0 atom stereocenters. The summed E-state index contributed by atoms with van der Waals surface area (Å²) in [6.07, 6.45) is 9.38. The summed E-state index contributed by atoms with van der Waals surface area (Å²) < 4.78 is 0. The van der Waals surface area contributed by atoms with Crippen LogP contribution in [0.5, 0.6) is 0 Å². The Balaban J connectivity index is 1.28. The Bertz CT molecular complexity index is 1430. The maximum absolute atomic E-state index is 2.64. The minimum atomic E-state index is 0.159. The van der Waals surface area contributed by atoms with Crippen molar-refractivity contribution in [3.05, 3.63) is 118 Å². The van der Waals surface area contributed by atoms with Crippen LogP contribution in [0.15, 0.2) is 84.9 Å². The first kappa shape index (κ1) is 20.0. The van der Waals surface area contributed by atoms with Crippen molar-refractivity contribution in [1.82, 2.24) is 0 Å². The average molecular weight is 465 g/mol. The van der Waals surface area contributed by atoms with Crippen LogP contribution in [-0.4, -0.2) is 0 Å². The van der Waals surface area contributed by atoms with Gasteiger partial charge in [-0.1, -0.05) is 72.8 Å². The Hall–Kier alpha value is -3.12. The van der Waals surface area contributed by atoms with Crippen molar-refractivity contribution < 1.29 is 0 Å². The molecule has 6 aliphatic rings. The molecule has 0 aromatic heterocycles. The molecule has 36 heavy (non-hydrogen) atoms. The SMILES string of the molecule is c1ccc2c(c1)Cc1ccc(C3(c4ccc5c(c4)-c4ccccc4C5)C4CC5CC(C4)CC3C5)cc1-2. The summed E-state index contributed by atoms with van der Waals surface area (Å²) in [6, 6.07) is 33.5. The first-order valence-electron chi connectivity index (χ1n) is 14.2. The van der Waals surface area contributed by atoms with Crippen LogP contribution >= 0.6 is 0 Å². The van der Waals surface area contributed by atoms with Gasteiger partial charge in [-0.2, -0.15) is 0 Å². The third kappa shape index (κ3) is 2.51. The summed E-state index contributed by atoms with van der Waals surface area (Å²) in [4.78, 5) is 0. The smallest absolute Gasteiger partial charge is 0.0260 e. The zero-order valence-electron chi connectivity index (χ0n) is 20.8. The Morgan fingerprint density at radius 3 is 1.39 bits per heavy atom. The quantitative estimate of drug-likeness (QED) is 0.241. The van der Waals surface area contributed by atoms with Gasteiger partial charge in [-0.05, 0) is 136 Å². The van der Waals surface area contributed by atoms with Gasteiger partial charge in [0, 0.05) is 5.41 Å². The lowest BCUT2D eigenvalue weighted by molar-refractivity contribution is -0.0418. The monoisotopic (exact) mass is 464 g/mol. The van der Waals surface area contributed by atoms with Gasteiger partial charge >= 0.3 is 0 Å². The first-order chi connectivity index (χ1) is 17.8. The van der Waals surface area contributed by atoms with E-state index in [2.05, 4.69) is 84.9 Å². The Labute approximate surface area is 214 Å². The molecular weight excluding hydrogens is 432 g/mol. The third-order valence-electron chi connectivity index (χ3n) is 11.0. The van der Waals surface area contributed by atoms with Crippen molar-refractivity contribution >= 4 is 0 Å². The fourth-order valence-corrected chi connectivity index (χ4v) is 9.80. The normalized spacial score (nSPS) is 27.4. The molecule has 0 aliphatic heterocycles. The molecule has 0 unspecified atom stereocenters. The molecule has 0 N–H and O–H groups in total. The van der Waals surface area contributed by atoms with Crippen LogP contribution in [-0.2, 0) is 18.3 Å². The highest BCUT2D eigenvalue weighted by molar-refractivity contribution is 5.79. The molecule has 0 heterocycles. The van der Waals surface area contributed by atoms with Crippen molar-refractivity contribution in [2.45, 2.75) is 50.4 Å². The van der Waals surface area contributed by atoms with Gasteiger partial charge < -0.3 is 0 Å². The summed E-state index contributed by atoms with van der Waals surface area (Å²) in [6.45, 7) is 0. The predicted molar refractivity (Wildman–Crippen MR) is 147 cm³/mol. The Morgan fingerprint density at radius 1 is 0.444 bits per heavy atom. The lowest BCUT2D eigenvalue weighted by atomic mass is 9.42. The fourth-order valence-electron chi connectivity index (χ4n) is 9.80. The second-order valence-corrected chi connectivity index (χ2v) is 12.6. The van der Waals surface area contributed by atoms with E-state index in [1.54, 1.807) is 11.1 Å². The molecule has 4 saturated carbocycles. The Kier molecular flexibility index (Phi) is 3.89. The molecular formula is C36H32. The molecule has 4 aromatic rings. The first-order valence-corrected chi connectivity index (χ1v) is 14.2. The third-order valence-corrected chi connectivity index (χ3v) is 11.0. The molecule has 0 heteroatoms. The van der Waals surface area contributed by atoms with E-state index in [9.17, 15) is 0 Å². The van der Waals surface area contributed by atoms with Gasteiger partial charge in [0.25, 0.3) is 0 Å². The minimum absolute atomic E-state index is 0.159. The van der Waals surface area contributed by atoms with Crippen LogP contribution in [0.1, 0.15) is 65.5 Å². The summed E-state index contributed by atoms with van der Waals surface area (Å²) in [5.74, 6) is 3.48. The van der Waals surface area contributed by atoms with Crippen LogP contribution in [0, 0.1) is 23.7 Å². The largest absolute Gasteiger partial charge is 0.0619 e. The molecule has 4 fully saturated rings. The van der Waals surface area contributed by atoms with Crippen molar-refractivity contribution in [1.29, 1.82) is 0 Å². The van der Waals surface area contributed by atoms with Crippen molar-refractivity contribution in [2.24, 2.45) is 23.7 Å². The van der Waals surface area contributed by atoms with Crippen molar-refractivity contribution in [3.8, 4) is 22.3 Å². The van der Waals surface area contributed by atoms with E-state index in [-0.39, 0.29) is 5.41 Å². The van der Waals surface area contributed by atoms with Crippen molar-refractivity contribution in [3.63, 3.8) is 0 Å². The molecule has 0 spiro atoms. The second kappa shape index (κ2) is 7.00. The minimum Gasteiger partial charge on any atom is -0.0619 e. The fraction of sp³-hybridized carbons (Fsp3) is 0.333. The molecule has 4 aromatic carbocycles. The molecule has 0 radical (unpaired) electrons. The molecule has 0 saturated heterocycles. The molecule has 6 aliphatic carbocycles. The lowest BCUT2D eigenvalue weighted by Crippen LogP contribution is -2.56. The van der Waals surface area contributed by atoms with E-state index in [1.165, 1.54) is 76.6 Å². The van der Waals surface area contributed by atoms with Crippen LogP contribution in [0.25, 0.3) is 22.3 Å². The van der Waals surface area contributed by atoms with Crippen LogP contribution in [0.3, 0.4) is 0 Å². The number of benzene rings is 4. The van der Waals surface area contributed by atoms with Gasteiger partial charge in [0.15, 0.2) is 0 Å². The highest BCUT2D eigenvalue weighted by Gasteiger charge is 2.58. The van der Waals surface area contributed by atoms with Crippen LogP contribution in [0.4, 0.5) is 0 Å². The van der Waals surface area contributed by atoms with Gasteiger partial charge in [0.2, 0.25) is 0 Å². The van der Waals surface area contributed by atoms with Gasteiger partial charge in [0.1, 0.15) is 0 Å². The predicted octanol–water partition coefficient (Wildman–Crippen LogP) is 8.57. The van der Waals surface area contributed by atoms with Gasteiger partial charge in [-0.15, -0.1) is 0 Å². The Morgan fingerprint density at radius 2 is 0.889 bits per heavy atom. The van der Waals surface area contributed by atoms with E-state index in [0.29, 0.717) is 0 Å². The van der Waals surface area contributed by atoms with Gasteiger partial charge in [0.05, 0.1) is 0 Å². The number of hydrogen-bond acceptors (Lipinski definition) is 0. The zero-order valence-corrected chi connectivity index (χ0v) is 20.8. The maximum Gasteiger partial charge on any atom is 0.0260 e. The van der Waals surface area contributed by atoms with Crippen LogP contribution < -0.4 is 0 Å². The summed E-state index contributed by atoms with van der Waals surface area (Å²) in [7, 11) is 0. The topological polar surface area (TPSA) is 0 Å². The highest BCUT2D eigenvalue weighted by atomic mass is 14.6.